The molecule has 0 atom stereocenters. The van der Waals surface area contributed by atoms with Crippen molar-refractivity contribution >= 4 is 0 Å². The van der Waals surface area contributed by atoms with Gasteiger partial charge in [-0.2, -0.15) is 0 Å². The molecule has 0 aliphatic heterocycles. The molecule has 2 fully saturated rings. The fraction of sp³-hybridized carbons (Fsp3) is 0.579. The first-order valence-corrected chi connectivity index (χ1v) is 8.96. The molecule has 2 aliphatic rings. The summed E-state index contributed by atoms with van der Waals surface area (Å²) in [6, 6.07) is 9.66. The van der Waals surface area contributed by atoms with Crippen LogP contribution in [0.1, 0.15) is 67.9 Å². The predicted molar refractivity (Wildman–Crippen MR) is 89.0 cm³/mol. The zero-order valence-electron chi connectivity index (χ0n) is 13.9. The third kappa shape index (κ3) is 3.47. The monoisotopic (exact) mass is 311 g/mol. The Morgan fingerprint density at radius 1 is 1.00 bits per heavy atom. The highest BCUT2D eigenvalue weighted by Gasteiger charge is 2.31. The molecule has 23 heavy (non-hydrogen) atoms. The molecular formula is C19H25N3O. The van der Waals surface area contributed by atoms with Gasteiger partial charge < -0.3 is 4.42 Å². The van der Waals surface area contributed by atoms with Crippen molar-refractivity contribution in [3.8, 4) is 0 Å². The van der Waals surface area contributed by atoms with Crippen LogP contribution in [0.15, 0.2) is 28.7 Å². The van der Waals surface area contributed by atoms with Crippen LogP contribution in [-0.4, -0.2) is 21.1 Å². The molecule has 1 heterocycles. The van der Waals surface area contributed by atoms with Gasteiger partial charge in [-0.1, -0.05) is 37.6 Å². The molecule has 2 aliphatic carbocycles. The molecule has 4 rings (SSSR count). The van der Waals surface area contributed by atoms with Crippen molar-refractivity contribution in [2.24, 2.45) is 0 Å². The molecule has 122 valence electrons. The Morgan fingerprint density at radius 2 is 1.74 bits per heavy atom. The van der Waals surface area contributed by atoms with Crippen LogP contribution in [0, 0.1) is 0 Å². The van der Waals surface area contributed by atoms with E-state index in [0.717, 1.165) is 31.3 Å². The molecule has 1 aromatic carbocycles. The highest BCUT2D eigenvalue weighted by atomic mass is 16.4. The molecule has 4 heteroatoms. The minimum Gasteiger partial charge on any atom is -0.424 e. The van der Waals surface area contributed by atoms with Crippen molar-refractivity contribution in [1.82, 2.24) is 15.1 Å². The van der Waals surface area contributed by atoms with Crippen molar-refractivity contribution < 1.29 is 4.42 Å². The number of aryl methyl sites for hydroxylation is 1. The number of hydrogen-bond donors (Lipinski definition) is 0. The summed E-state index contributed by atoms with van der Waals surface area (Å²) >= 11 is 0. The average Bonchev–Trinajstić information content (AvgIpc) is 3.27. The van der Waals surface area contributed by atoms with Crippen LogP contribution >= 0.6 is 0 Å². The van der Waals surface area contributed by atoms with Crippen LogP contribution in [0.5, 0.6) is 0 Å². The van der Waals surface area contributed by atoms with Crippen molar-refractivity contribution in [2.45, 2.75) is 70.5 Å². The number of aromatic nitrogens is 2. The van der Waals surface area contributed by atoms with Gasteiger partial charge in [0.1, 0.15) is 0 Å². The van der Waals surface area contributed by atoms with Gasteiger partial charge in [-0.05, 0) is 43.2 Å². The van der Waals surface area contributed by atoms with E-state index in [-0.39, 0.29) is 0 Å². The molecule has 0 bridgehead atoms. The van der Waals surface area contributed by atoms with Crippen LogP contribution in [0.4, 0.5) is 0 Å². The largest absolute Gasteiger partial charge is 0.424 e. The lowest BCUT2D eigenvalue weighted by Crippen LogP contribution is -2.25. The summed E-state index contributed by atoms with van der Waals surface area (Å²) in [5, 5.41) is 8.54. The van der Waals surface area contributed by atoms with Crippen LogP contribution in [0.2, 0.25) is 0 Å². The van der Waals surface area contributed by atoms with E-state index in [9.17, 15) is 0 Å². The summed E-state index contributed by atoms with van der Waals surface area (Å²) < 4.78 is 5.91. The lowest BCUT2D eigenvalue weighted by molar-refractivity contribution is 0.214. The van der Waals surface area contributed by atoms with Gasteiger partial charge in [0.05, 0.1) is 6.54 Å². The predicted octanol–water partition coefficient (Wildman–Crippen LogP) is 4.06. The van der Waals surface area contributed by atoms with Crippen molar-refractivity contribution in [2.75, 3.05) is 0 Å². The molecule has 0 N–H and O–H groups in total. The molecule has 0 amide bonds. The molecule has 0 saturated heterocycles. The Labute approximate surface area is 137 Å². The van der Waals surface area contributed by atoms with Crippen LogP contribution < -0.4 is 0 Å². The van der Waals surface area contributed by atoms with E-state index in [1.807, 2.05) is 0 Å². The first-order chi connectivity index (χ1) is 11.3. The number of rotatable bonds is 7. The number of hydrogen-bond acceptors (Lipinski definition) is 4. The van der Waals surface area contributed by atoms with Gasteiger partial charge in [0.25, 0.3) is 0 Å². The van der Waals surface area contributed by atoms with Crippen molar-refractivity contribution in [3.05, 3.63) is 47.2 Å². The normalized spacial score (nSPS) is 18.3. The summed E-state index contributed by atoms with van der Waals surface area (Å²) in [4.78, 5) is 2.49. The van der Waals surface area contributed by atoms with E-state index in [1.165, 1.54) is 43.2 Å². The van der Waals surface area contributed by atoms with Gasteiger partial charge in [0.2, 0.25) is 11.8 Å². The van der Waals surface area contributed by atoms with E-state index in [0.29, 0.717) is 12.0 Å². The molecule has 4 nitrogen and oxygen atoms in total. The van der Waals surface area contributed by atoms with Gasteiger partial charge in [0.15, 0.2) is 0 Å². The Morgan fingerprint density at radius 3 is 2.35 bits per heavy atom. The first kappa shape index (κ1) is 14.9. The van der Waals surface area contributed by atoms with E-state index < -0.39 is 0 Å². The van der Waals surface area contributed by atoms with E-state index in [1.54, 1.807) is 0 Å². The molecule has 2 saturated carbocycles. The maximum absolute atomic E-state index is 5.91. The first-order valence-electron chi connectivity index (χ1n) is 8.96. The van der Waals surface area contributed by atoms with Crippen molar-refractivity contribution in [1.29, 1.82) is 0 Å². The lowest BCUT2D eigenvalue weighted by Gasteiger charge is -2.21. The zero-order chi connectivity index (χ0) is 15.6. The Bertz CT molecular complexity index is 641. The highest BCUT2D eigenvalue weighted by molar-refractivity contribution is 5.22. The second kappa shape index (κ2) is 6.44. The van der Waals surface area contributed by atoms with E-state index >= 15 is 0 Å². The maximum atomic E-state index is 5.91. The van der Waals surface area contributed by atoms with Crippen LogP contribution in [-0.2, 0) is 19.5 Å². The lowest BCUT2D eigenvalue weighted by atomic mass is 9.85. The zero-order valence-corrected chi connectivity index (χ0v) is 13.9. The van der Waals surface area contributed by atoms with E-state index in [4.69, 9.17) is 4.42 Å². The summed E-state index contributed by atoms with van der Waals surface area (Å²) in [6.07, 6.45) is 7.38. The highest BCUT2D eigenvalue weighted by Crippen LogP contribution is 2.36. The van der Waals surface area contributed by atoms with Gasteiger partial charge in [-0.25, -0.2) is 0 Å². The van der Waals surface area contributed by atoms with Crippen molar-refractivity contribution in [3.63, 3.8) is 0 Å². The molecule has 0 spiro atoms. The Kier molecular flexibility index (Phi) is 4.17. The summed E-state index contributed by atoms with van der Waals surface area (Å²) in [6.45, 7) is 3.94. The third-order valence-electron chi connectivity index (χ3n) is 5.16. The fourth-order valence-electron chi connectivity index (χ4n) is 3.19. The average molecular weight is 311 g/mol. The molecule has 0 unspecified atom stereocenters. The Hall–Kier alpha value is -1.68. The smallest absolute Gasteiger partial charge is 0.230 e. The topological polar surface area (TPSA) is 42.2 Å². The quantitative estimate of drug-likeness (QED) is 0.773. The number of benzene rings is 1. The minimum absolute atomic E-state index is 0.521. The summed E-state index contributed by atoms with van der Waals surface area (Å²) in [5.41, 5.74) is 2.77. The molecule has 0 radical (unpaired) electrons. The standard InChI is InChI=1S/C19H25N3O/c1-2-14-6-8-15(9-7-14)12-22(17-10-11-17)13-18-20-21-19(23-18)16-4-3-5-16/h6-9,16-17H,2-5,10-13H2,1H3. The second-order valence-corrected chi connectivity index (χ2v) is 6.97. The Balaban J connectivity index is 1.41. The minimum atomic E-state index is 0.521. The SMILES string of the molecule is CCc1ccc(CN(Cc2nnc(C3CCC3)o2)C2CC2)cc1. The second-order valence-electron chi connectivity index (χ2n) is 6.97. The number of nitrogens with zero attached hydrogens (tertiary/aromatic N) is 3. The summed E-state index contributed by atoms with van der Waals surface area (Å²) in [7, 11) is 0. The van der Waals surface area contributed by atoms with Gasteiger partial charge in [-0.3, -0.25) is 4.90 Å². The maximum Gasteiger partial charge on any atom is 0.230 e. The third-order valence-corrected chi connectivity index (χ3v) is 5.16. The molecule has 2 aromatic rings. The molecule has 1 aromatic heterocycles. The fourth-order valence-corrected chi connectivity index (χ4v) is 3.19. The van der Waals surface area contributed by atoms with Gasteiger partial charge in [-0.15, -0.1) is 10.2 Å². The molecular weight excluding hydrogens is 286 g/mol. The van der Waals surface area contributed by atoms with E-state index in [2.05, 4.69) is 46.3 Å². The van der Waals surface area contributed by atoms with Crippen LogP contribution in [0.3, 0.4) is 0 Å². The van der Waals surface area contributed by atoms with Gasteiger partial charge in [0, 0.05) is 18.5 Å². The van der Waals surface area contributed by atoms with Crippen LogP contribution in [0.25, 0.3) is 0 Å². The summed E-state index contributed by atoms with van der Waals surface area (Å²) in [5.74, 6) is 2.16. The van der Waals surface area contributed by atoms with Gasteiger partial charge >= 0.3 is 0 Å².